The second-order valence-corrected chi connectivity index (χ2v) is 1.39. The van der Waals surface area contributed by atoms with E-state index in [9.17, 15) is 9.46 Å². The predicted octanol–water partition coefficient (Wildman–Crippen LogP) is -2.78. The molecule has 0 radical (unpaired) electrons. The molecule has 6 heteroatoms. The molecule has 0 saturated carbocycles. The molecule has 0 aliphatic carbocycles. The summed E-state index contributed by atoms with van der Waals surface area (Å²) < 4.78 is 13.1. The van der Waals surface area contributed by atoms with Gasteiger partial charge in [-0.25, -0.2) is 0 Å². The van der Waals surface area contributed by atoms with Crippen LogP contribution in [-0.2, 0) is 9.09 Å². The Balaban J connectivity index is 0. The summed E-state index contributed by atoms with van der Waals surface area (Å²) in [6.45, 7) is 0. The van der Waals surface area contributed by atoms with Gasteiger partial charge in [0, 0.05) is 0 Å². The van der Waals surface area contributed by atoms with Crippen molar-refractivity contribution >= 4 is 19.9 Å². The minimum absolute atomic E-state index is 0. The van der Waals surface area contributed by atoms with Crippen molar-refractivity contribution in [3.63, 3.8) is 0 Å². The first-order valence-corrected chi connectivity index (χ1v) is 2.73. The maximum Gasteiger partial charge on any atom is 1.00 e. The van der Waals surface area contributed by atoms with Crippen LogP contribution in [0.25, 0.3) is 0 Å². The minimum Gasteiger partial charge on any atom is -0.566 e. The van der Waals surface area contributed by atoms with Crippen molar-refractivity contribution in [2.45, 2.75) is 0 Å². The molecule has 3 nitrogen and oxygen atoms in total. The molecule has 0 saturated heterocycles. The van der Waals surface area contributed by atoms with Crippen molar-refractivity contribution in [1.29, 1.82) is 0 Å². The fourth-order valence-electron chi connectivity index (χ4n) is 0.0398. The van der Waals surface area contributed by atoms with Gasteiger partial charge in [-0.05, 0) is 4.57 Å². The van der Waals surface area contributed by atoms with Gasteiger partial charge in [-0.15, -0.1) is 4.52 Å². The van der Waals surface area contributed by atoms with Gasteiger partial charge in [0.2, 0.25) is 0 Å². The molecule has 0 aromatic carbocycles. The zero-order chi connectivity index (χ0) is 4.99. The first-order valence-electron chi connectivity index (χ1n) is 1.10. The first kappa shape index (κ1) is 11.2. The van der Waals surface area contributed by atoms with Crippen molar-refractivity contribution < 1.29 is 43.5 Å². The molecule has 0 spiro atoms. The smallest absolute Gasteiger partial charge is 0.566 e. The van der Waals surface area contributed by atoms with Gasteiger partial charge in [0.1, 0.15) is 0 Å². The number of hydrogen-bond donors (Lipinski definition) is 0. The SMILES string of the molecule is O=[P+]([O-])OCCl.[Na+]. The Morgan fingerprint density at radius 1 is 1.86 bits per heavy atom. The largest absolute Gasteiger partial charge is 1.00 e. The van der Waals surface area contributed by atoms with Crippen molar-refractivity contribution in [2.24, 2.45) is 0 Å². The van der Waals surface area contributed by atoms with Crippen LogP contribution in [0.5, 0.6) is 0 Å². The fourth-order valence-corrected chi connectivity index (χ4v) is 0.359. The molecule has 0 aromatic heterocycles. The van der Waals surface area contributed by atoms with Gasteiger partial charge in [0.25, 0.3) is 0 Å². The van der Waals surface area contributed by atoms with Crippen LogP contribution in [0.4, 0.5) is 0 Å². The van der Waals surface area contributed by atoms with Gasteiger partial charge >= 0.3 is 37.8 Å². The summed E-state index contributed by atoms with van der Waals surface area (Å²) in [5, 5.41) is 0. The standard InChI is InChI=1S/CH2ClO3P.Na/c2-1-5-6(3)4;/h1H2;/q;+1. The molecule has 0 aliphatic rings. The molecular weight excluding hydrogens is 149 g/mol. The molecule has 0 heterocycles. The fraction of sp³-hybridized carbons (Fsp3) is 1.00. The second-order valence-electron chi connectivity index (χ2n) is 0.462. The van der Waals surface area contributed by atoms with Crippen molar-refractivity contribution in [3.05, 3.63) is 0 Å². The molecule has 0 amide bonds. The van der Waals surface area contributed by atoms with Crippen LogP contribution in [0.3, 0.4) is 0 Å². The molecule has 0 N–H and O–H groups in total. The summed E-state index contributed by atoms with van der Waals surface area (Å²) in [6, 6.07) is -0.293. The molecule has 1 unspecified atom stereocenters. The van der Waals surface area contributed by atoms with Crippen LogP contribution in [0.15, 0.2) is 0 Å². The third-order valence-electron chi connectivity index (χ3n) is 0.154. The van der Waals surface area contributed by atoms with E-state index in [1.807, 2.05) is 0 Å². The average molecular weight is 151 g/mol. The molecule has 0 rings (SSSR count). The van der Waals surface area contributed by atoms with E-state index in [1.54, 1.807) is 0 Å². The Hall–Kier alpha value is 1.31. The van der Waals surface area contributed by atoms with Crippen LogP contribution in [0.1, 0.15) is 0 Å². The monoisotopic (exact) mass is 151 g/mol. The summed E-state index contributed by atoms with van der Waals surface area (Å²) in [4.78, 5) is 9.33. The van der Waals surface area contributed by atoms with E-state index in [0.29, 0.717) is 0 Å². The Morgan fingerprint density at radius 2 is 2.29 bits per heavy atom. The Bertz CT molecular complexity index is 58.9. The average Bonchev–Trinajstić information content (AvgIpc) is 1.35. The number of halogens is 1. The molecular formula is CH2ClNaO3P+. The van der Waals surface area contributed by atoms with Gasteiger partial charge in [-0.1, -0.05) is 11.6 Å². The summed E-state index contributed by atoms with van der Waals surface area (Å²) in [6.07, 6.45) is 0. The maximum absolute atomic E-state index is 9.33. The van der Waals surface area contributed by atoms with E-state index in [0.717, 1.165) is 0 Å². The molecule has 0 fully saturated rings. The summed E-state index contributed by atoms with van der Waals surface area (Å²) in [7, 11) is -2.73. The zero-order valence-electron chi connectivity index (χ0n) is 3.76. The molecule has 0 aromatic rings. The number of alkyl halides is 1. The number of rotatable bonds is 2. The van der Waals surface area contributed by atoms with E-state index in [-0.39, 0.29) is 35.6 Å². The third-order valence-corrected chi connectivity index (χ3v) is 0.755. The minimum atomic E-state index is -2.73. The van der Waals surface area contributed by atoms with Gasteiger partial charge in [0.05, 0.1) is 0 Å². The topological polar surface area (TPSA) is 49.4 Å². The van der Waals surface area contributed by atoms with Gasteiger partial charge < -0.3 is 4.89 Å². The molecule has 0 bridgehead atoms. The van der Waals surface area contributed by atoms with E-state index < -0.39 is 8.25 Å². The second kappa shape index (κ2) is 7.31. The van der Waals surface area contributed by atoms with Crippen LogP contribution >= 0.6 is 19.9 Å². The van der Waals surface area contributed by atoms with Crippen LogP contribution in [-0.4, -0.2) is 6.07 Å². The van der Waals surface area contributed by atoms with Crippen molar-refractivity contribution in [2.75, 3.05) is 6.07 Å². The van der Waals surface area contributed by atoms with Gasteiger partial charge in [-0.2, -0.15) is 0 Å². The summed E-state index contributed by atoms with van der Waals surface area (Å²) in [5.41, 5.74) is 0. The normalized spacial score (nSPS) is 9.71. The van der Waals surface area contributed by atoms with Gasteiger partial charge in [-0.3, -0.25) is 0 Å². The quantitative estimate of drug-likeness (QED) is 0.244. The summed E-state index contributed by atoms with van der Waals surface area (Å²) in [5.74, 6) is 0. The van der Waals surface area contributed by atoms with Crippen LogP contribution in [0.2, 0.25) is 0 Å². The summed E-state index contributed by atoms with van der Waals surface area (Å²) >= 11 is 4.79. The van der Waals surface area contributed by atoms with Crippen LogP contribution < -0.4 is 34.5 Å². The van der Waals surface area contributed by atoms with E-state index in [1.165, 1.54) is 0 Å². The number of hydrogen-bond acceptors (Lipinski definition) is 3. The van der Waals surface area contributed by atoms with Crippen molar-refractivity contribution in [3.8, 4) is 0 Å². The van der Waals surface area contributed by atoms with Gasteiger partial charge in [0.15, 0.2) is 6.07 Å². The van der Waals surface area contributed by atoms with Crippen LogP contribution in [0, 0.1) is 0 Å². The Kier molecular flexibility index (Phi) is 11.6. The van der Waals surface area contributed by atoms with E-state index in [4.69, 9.17) is 11.6 Å². The molecule has 0 aliphatic heterocycles. The third kappa shape index (κ3) is 11.1. The van der Waals surface area contributed by atoms with E-state index in [2.05, 4.69) is 4.52 Å². The Morgan fingerprint density at radius 3 is 2.29 bits per heavy atom. The molecule has 7 heavy (non-hydrogen) atoms. The Labute approximate surface area is 69.2 Å². The molecule has 1 atom stereocenters. The first-order chi connectivity index (χ1) is 2.77. The molecule has 36 valence electrons. The maximum atomic E-state index is 9.33. The zero-order valence-corrected chi connectivity index (χ0v) is 7.41. The van der Waals surface area contributed by atoms with E-state index >= 15 is 0 Å². The van der Waals surface area contributed by atoms with Crippen molar-refractivity contribution in [1.82, 2.24) is 0 Å². The predicted molar refractivity (Wildman–Crippen MR) is 19.4 cm³/mol.